The van der Waals surface area contributed by atoms with Gasteiger partial charge in [-0.2, -0.15) is 0 Å². The number of carbonyl (C=O) groups is 1. The van der Waals surface area contributed by atoms with E-state index in [1.165, 1.54) is 19.1 Å². The van der Waals surface area contributed by atoms with Crippen LogP contribution in [0.25, 0.3) is 0 Å². The highest BCUT2D eigenvalue weighted by Crippen LogP contribution is 2.21. The van der Waals surface area contributed by atoms with Crippen molar-refractivity contribution in [1.29, 1.82) is 0 Å². The molecule has 0 unspecified atom stereocenters. The van der Waals surface area contributed by atoms with E-state index in [2.05, 4.69) is 21.2 Å². The van der Waals surface area contributed by atoms with Gasteiger partial charge in [-0.1, -0.05) is 0 Å². The molecule has 0 spiro atoms. The Morgan fingerprint density at radius 3 is 2.40 bits per heavy atom. The van der Waals surface area contributed by atoms with Crippen LogP contribution in [0.4, 0.5) is 18.9 Å². The van der Waals surface area contributed by atoms with Crippen LogP contribution in [-0.2, 0) is 0 Å². The smallest absolute Gasteiger partial charge is 0.258 e. The summed E-state index contributed by atoms with van der Waals surface area (Å²) in [5.41, 5.74) is 0.0304. The van der Waals surface area contributed by atoms with Crippen LogP contribution in [0.5, 0.6) is 0 Å². The molecule has 1 N–H and O–H groups in total. The lowest BCUT2D eigenvalue weighted by Gasteiger charge is -2.08. The zero-order chi connectivity index (χ0) is 14.9. The Bertz CT molecular complexity index is 688. The number of hydrogen-bond donors (Lipinski definition) is 1. The molecule has 20 heavy (non-hydrogen) atoms. The van der Waals surface area contributed by atoms with E-state index in [-0.39, 0.29) is 21.3 Å². The molecular formula is C14H9BrF3NO. The lowest BCUT2D eigenvalue weighted by molar-refractivity contribution is 0.102. The minimum Gasteiger partial charge on any atom is -0.322 e. The third-order valence-electron chi connectivity index (χ3n) is 2.67. The van der Waals surface area contributed by atoms with Gasteiger partial charge in [-0.25, -0.2) is 13.2 Å². The van der Waals surface area contributed by atoms with Crippen molar-refractivity contribution in [3.63, 3.8) is 0 Å². The molecule has 0 heterocycles. The maximum atomic E-state index is 13.5. The van der Waals surface area contributed by atoms with Gasteiger partial charge >= 0.3 is 0 Å². The summed E-state index contributed by atoms with van der Waals surface area (Å²) in [4.78, 5) is 11.9. The topological polar surface area (TPSA) is 29.1 Å². The second kappa shape index (κ2) is 5.66. The van der Waals surface area contributed by atoms with E-state index in [4.69, 9.17) is 0 Å². The maximum Gasteiger partial charge on any atom is 0.258 e. The lowest BCUT2D eigenvalue weighted by Crippen LogP contribution is -2.14. The van der Waals surface area contributed by atoms with Crippen LogP contribution in [0.1, 0.15) is 15.9 Å². The maximum absolute atomic E-state index is 13.5. The van der Waals surface area contributed by atoms with E-state index in [0.717, 1.165) is 12.1 Å². The molecule has 104 valence electrons. The molecule has 2 nitrogen and oxygen atoms in total. The fourth-order valence-electron chi connectivity index (χ4n) is 1.60. The van der Waals surface area contributed by atoms with Gasteiger partial charge in [0.15, 0.2) is 0 Å². The monoisotopic (exact) mass is 343 g/mol. The number of carbonyl (C=O) groups excluding carboxylic acids is 1. The normalized spacial score (nSPS) is 10.4. The predicted molar refractivity (Wildman–Crippen MR) is 73.1 cm³/mol. The van der Waals surface area contributed by atoms with Crippen molar-refractivity contribution in [3.05, 3.63) is 63.4 Å². The SMILES string of the molecule is Cc1cc(C(=O)Nc2ccc(Br)c(F)c2)c(F)cc1F. The van der Waals surface area contributed by atoms with Crippen molar-refractivity contribution < 1.29 is 18.0 Å². The van der Waals surface area contributed by atoms with Crippen LogP contribution in [-0.4, -0.2) is 5.91 Å². The molecule has 2 aromatic rings. The van der Waals surface area contributed by atoms with Crippen molar-refractivity contribution in [3.8, 4) is 0 Å². The number of nitrogens with one attached hydrogen (secondary N) is 1. The number of halogens is 4. The summed E-state index contributed by atoms with van der Waals surface area (Å²) in [6.07, 6.45) is 0. The Labute approximate surface area is 121 Å². The van der Waals surface area contributed by atoms with Crippen molar-refractivity contribution in [1.82, 2.24) is 0 Å². The van der Waals surface area contributed by atoms with E-state index in [1.54, 1.807) is 0 Å². The Hall–Kier alpha value is -1.82. The summed E-state index contributed by atoms with van der Waals surface area (Å²) in [6.45, 7) is 1.42. The highest BCUT2D eigenvalue weighted by molar-refractivity contribution is 9.10. The van der Waals surface area contributed by atoms with E-state index in [1.807, 2.05) is 0 Å². The van der Waals surface area contributed by atoms with Crippen LogP contribution in [0.15, 0.2) is 34.8 Å². The molecule has 0 atom stereocenters. The molecular weight excluding hydrogens is 335 g/mol. The second-order valence-corrected chi connectivity index (χ2v) is 5.02. The van der Waals surface area contributed by atoms with Crippen LogP contribution >= 0.6 is 15.9 Å². The first-order chi connectivity index (χ1) is 9.38. The third-order valence-corrected chi connectivity index (χ3v) is 3.31. The van der Waals surface area contributed by atoms with Crippen LogP contribution < -0.4 is 5.32 Å². The molecule has 2 aromatic carbocycles. The summed E-state index contributed by atoms with van der Waals surface area (Å²) in [5, 5.41) is 2.35. The van der Waals surface area contributed by atoms with Gasteiger partial charge in [0.2, 0.25) is 0 Å². The molecule has 0 saturated heterocycles. The lowest BCUT2D eigenvalue weighted by atomic mass is 10.1. The first-order valence-corrected chi connectivity index (χ1v) is 6.40. The average molecular weight is 344 g/mol. The molecule has 0 aliphatic rings. The van der Waals surface area contributed by atoms with Crippen LogP contribution in [0.2, 0.25) is 0 Å². The Morgan fingerprint density at radius 1 is 1.05 bits per heavy atom. The van der Waals surface area contributed by atoms with Crippen molar-refractivity contribution >= 4 is 27.5 Å². The summed E-state index contributed by atoms with van der Waals surface area (Å²) in [6, 6.07) is 5.72. The van der Waals surface area contributed by atoms with Gasteiger partial charge in [-0.05, 0) is 52.7 Å². The zero-order valence-electron chi connectivity index (χ0n) is 10.3. The highest BCUT2D eigenvalue weighted by atomic mass is 79.9. The standard InChI is InChI=1S/C14H9BrF3NO/c1-7-4-9(12(17)6-11(7)16)14(20)19-8-2-3-10(15)13(18)5-8/h2-6H,1H3,(H,19,20). The molecule has 1 amide bonds. The number of rotatable bonds is 2. The molecule has 0 aliphatic heterocycles. The first kappa shape index (κ1) is 14.6. The Balaban J connectivity index is 2.28. The summed E-state index contributed by atoms with van der Waals surface area (Å²) >= 11 is 2.98. The molecule has 0 bridgehead atoms. The van der Waals surface area contributed by atoms with Crippen LogP contribution in [0.3, 0.4) is 0 Å². The van der Waals surface area contributed by atoms with Gasteiger partial charge in [0.05, 0.1) is 10.0 Å². The molecule has 6 heteroatoms. The number of anilines is 1. The zero-order valence-corrected chi connectivity index (χ0v) is 11.9. The number of hydrogen-bond acceptors (Lipinski definition) is 1. The van der Waals surface area contributed by atoms with E-state index >= 15 is 0 Å². The minimum atomic E-state index is -0.969. The quantitative estimate of drug-likeness (QED) is 0.858. The third kappa shape index (κ3) is 3.01. The first-order valence-electron chi connectivity index (χ1n) is 5.60. The van der Waals surface area contributed by atoms with E-state index in [0.29, 0.717) is 6.07 Å². The number of benzene rings is 2. The minimum absolute atomic E-state index is 0.151. The van der Waals surface area contributed by atoms with E-state index < -0.39 is 23.4 Å². The highest BCUT2D eigenvalue weighted by Gasteiger charge is 2.15. The molecule has 0 radical (unpaired) electrons. The van der Waals surface area contributed by atoms with Crippen molar-refractivity contribution in [2.24, 2.45) is 0 Å². The van der Waals surface area contributed by atoms with Gasteiger partial charge in [-0.15, -0.1) is 0 Å². The fraction of sp³-hybridized carbons (Fsp3) is 0.0714. The summed E-state index contributed by atoms with van der Waals surface area (Å²) in [5.74, 6) is -3.03. The average Bonchev–Trinajstić information content (AvgIpc) is 2.38. The predicted octanol–water partition coefficient (Wildman–Crippen LogP) is 4.43. The Kier molecular flexibility index (Phi) is 4.13. The van der Waals surface area contributed by atoms with Crippen LogP contribution in [0, 0.1) is 24.4 Å². The van der Waals surface area contributed by atoms with E-state index in [9.17, 15) is 18.0 Å². The number of aryl methyl sites for hydroxylation is 1. The molecule has 0 fully saturated rings. The largest absolute Gasteiger partial charge is 0.322 e. The molecule has 0 saturated carbocycles. The molecule has 2 rings (SSSR count). The molecule has 0 aliphatic carbocycles. The van der Waals surface area contributed by atoms with Gasteiger partial charge in [-0.3, -0.25) is 4.79 Å². The summed E-state index contributed by atoms with van der Waals surface area (Å²) in [7, 11) is 0. The van der Waals surface area contributed by atoms with Crippen molar-refractivity contribution in [2.45, 2.75) is 6.92 Å². The van der Waals surface area contributed by atoms with Gasteiger partial charge in [0.1, 0.15) is 17.5 Å². The van der Waals surface area contributed by atoms with Gasteiger partial charge in [0, 0.05) is 11.8 Å². The Morgan fingerprint density at radius 2 is 1.75 bits per heavy atom. The second-order valence-electron chi connectivity index (χ2n) is 4.16. The van der Waals surface area contributed by atoms with Crippen molar-refractivity contribution in [2.75, 3.05) is 5.32 Å². The summed E-state index contributed by atoms with van der Waals surface area (Å²) < 4.78 is 40.2. The molecule has 0 aromatic heterocycles. The van der Waals surface area contributed by atoms with Gasteiger partial charge in [0.25, 0.3) is 5.91 Å². The number of amides is 1. The van der Waals surface area contributed by atoms with Gasteiger partial charge < -0.3 is 5.32 Å². The fourth-order valence-corrected chi connectivity index (χ4v) is 1.85.